The minimum absolute atomic E-state index is 0.0505. The number of rotatable bonds is 4. The Bertz CT molecular complexity index is 419. The summed E-state index contributed by atoms with van der Waals surface area (Å²) in [7, 11) is 0. The highest BCUT2D eigenvalue weighted by atomic mass is 32.2. The first kappa shape index (κ1) is 14.4. The maximum Gasteiger partial charge on any atom is 0.251 e. The zero-order chi connectivity index (χ0) is 13.7. The van der Waals surface area contributed by atoms with E-state index < -0.39 is 0 Å². The van der Waals surface area contributed by atoms with Gasteiger partial charge in [-0.1, -0.05) is 12.8 Å². The molecule has 1 aromatic carbocycles. The van der Waals surface area contributed by atoms with Crippen molar-refractivity contribution < 1.29 is 9.90 Å². The van der Waals surface area contributed by atoms with E-state index in [2.05, 4.69) is 5.32 Å². The minimum atomic E-state index is -0.257. The summed E-state index contributed by atoms with van der Waals surface area (Å²) in [5, 5.41) is 12.8. The zero-order valence-electron chi connectivity index (χ0n) is 11.3. The van der Waals surface area contributed by atoms with Gasteiger partial charge in [0.15, 0.2) is 0 Å². The molecule has 1 aliphatic rings. The van der Waals surface area contributed by atoms with Crippen LogP contribution in [0.5, 0.6) is 0 Å². The fraction of sp³-hybridized carbons (Fsp3) is 0.533. The summed E-state index contributed by atoms with van der Waals surface area (Å²) in [6, 6.07) is 7.60. The molecule has 1 aromatic rings. The maximum absolute atomic E-state index is 12.0. The molecular formula is C15H21NO2S. The highest BCUT2D eigenvalue weighted by Gasteiger charge is 2.23. The van der Waals surface area contributed by atoms with Crippen LogP contribution in [0.3, 0.4) is 0 Å². The Morgan fingerprint density at radius 2 is 2.00 bits per heavy atom. The Morgan fingerprint density at radius 3 is 2.63 bits per heavy atom. The molecule has 0 saturated heterocycles. The van der Waals surface area contributed by atoms with Crippen LogP contribution in [0.2, 0.25) is 0 Å². The van der Waals surface area contributed by atoms with E-state index in [1.165, 1.54) is 0 Å². The fourth-order valence-electron chi connectivity index (χ4n) is 2.49. The van der Waals surface area contributed by atoms with E-state index >= 15 is 0 Å². The van der Waals surface area contributed by atoms with Gasteiger partial charge in [-0.15, -0.1) is 11.8 Å². The van der Waals surface area contributed by atoms with Gasteiger partial charge in [-0.3, -0.25) is 4.79 Å². The second-order valence-corrected chi connectivity index (χ2v) is 5.93. The summed E-state index contributed by atoms with van der Waals surface area (Å²) in [5.74, 6) is 0.161. The molecule has 0 bridgehead atoms. The molecule has 0 aromatic heterocycles. The molecule has 2 atom stereocenters. The van der Waals surface area contributed by atoms with Crippen LogP contribution in [-0.2, 0) is 0 Å². The molecule has 0 aliphatic heterocycles. The number of aliphatic hydroxyl groups excluding tert-OH is 1. The smallest absolute Gasteiger partial charge is 0.251 e. The summed E-state index contributed by atoms with van der Waals surface area (Å²) in [5.41, 5.74) is 0.683. The minimum Gasteiger partial charge on any atom is -0.393 e. The number of hydrogen-bond acceptors (Lipinski definition) is 3. The van der Waals surface area contributed by atoms with E-state index in [0.29, 0.717) is 12.1 Å². The molecule has 2 unspecified atom stereocenters. The number of aliphatic hydroxyl groups is 1. The molecule has 1 amide bonds. The lowest BCUT2D eigenvalue weighted by molar-refractivity contribution is 0.0663. The van der Waals surface area contributed by atoms with Crippen LogP contribution in [-0.4, -0.2) is 29.9 Å². The highest BCUT2D eigenvalue weighted by molar-refractivity contribution is 7.98. The first-order valence-electron chi connectivity index (χ1n) is 6.81. The Hall–Kier alpha value is -1.00. The summed E-state index contributed by atoms with van der Waals surface area (Å²) in [6.45, 7) is 0.574. The number of benzene rings is 1. The molecule has 4 heteroatoms. The van der Waals surface area contributed by atoms with Crippen molar-refractivity contribution in [2.45, 2.75) is 36.7 Å². The van der Waals surface area contributed by atoms with Crippen LogP contribution in [0, 0.1) is 5.92 Å². The number of thioether (sulfide) groups is 1. The van der Waals surface area contributed by atoms with Gasteiger partial charge in [0.2, 0.25) is 0 Å². The van der Waals surface area contributed by atoms with Crippen LogP contribution >= 0.6 is 11.8 Å². The lowest BCUT2D eigenvalue weighted by Gasteiger charge is -2.27. The average molecular weight is 279 g/mol. The van der Waals surface area contributed by atoms with E-state index in [4.69, 9.17) is 0 Å². The van der Waals surface area contributed by atoms with Crippen LogP contribution in [0.25, 0.3) is 0 Å². The molecule has 2 rings (SSSR count). The third-order valence-corrected chi connectivity index (χ3v) is 4.49. The third-order valence-electron chi connectivity index (χ3n) is 3.75. The van der Waals surface area contributed by atoms with Gasteiger partial charge in [0.05, 0.1) is 6.10 Å². The molecule has 104 valence electrons. The number of hydrogen-bond donors (Lipinski definition) is 2. The summed E-state index contributed by atoms with van der Waals surface area (Å²) < 4.78 is 0. The predicted octanol–water partition coefficient (Wildman–Crippen LogP) is 2.69. The van der Waals surface area contributed by atoms with Crippen LogP contribution in [0.4, 0.5) is 0 Å². The Balaban J connectivity index is 1.86. The number of nitrogens with one attached hydrogen (secondary N) is 1. The van der Waals surface area contributed by atoms with E-state index in [0.717, 1.165) is 30.6 Å². The van der Waals surface area contributed by atoms with Gasteiger partial charge in [-0.2, -0.15) is 0 Å². The maximum atomic E-state index is 12.0. The van der Waals surface area contributed by atoms with Crippen LogP contribution in [0.15, 0.2) is 29.2 Å². The van der Waals surface area contributed by atoms with Gasteiger partial charge in [0.1, 0.15) is 0 Å². The van der Waals surface area contributed by atoms with Gasteiger partial charge >= 0.3 is 0 Å². The summed E-state index contributed by atoms with van der Waals surface area (Å²) in [4.78, 5) is 13.1. The molecule has 0 radical (unpaired) electrons. The first-order valence-corrected chi connectivity index (χ1v) is 8.03. The van der Waals surface area contributed by atoms with Crippen molar-refractivity contribution in [3.05, 3.63) is 29.8 Å². The van der Waals surface area contributed by atoms with Gasteiger partial charge in [0.25, 0.3) is 5.91 Å². The number of carbonyl (C=O) groups is 1. The second kappa shape index (κ2) is 6.96. The van der Waals surface area contributed by atoms with Crippen LogP contribution < -0.4 is 5.32 Å². The molecule has 0 spiro atoms. The summed E-state index contributed by atoms with van der Waals surface area (Å²) >= 11 is 1.66. The monoisotopic (exact) mass is 279 g/mol. The van der Waals surface area contributed by atoms with Crippen molar-refractivity contribution in [1.29, 1.82) is 0 Å². The van der Waals surface area contributed by atoms with Gasteiger partial charge < -0.3 is 10.4 Å². The first-order chi connectivity index (χ1) is 9.20. The standard InChI is InChI=1S/C15H21NO2S/c1-19-13-8-6-11(7-9-13)15(18)16-10-12-4-2-3-5-14(12)17/h6-9,12,14,17H,2-5,10H2,1H3,(H,16,18). The number of amides is 1. The second-order valence-electron chi connectivity index (χ2n) is 5.05. The zero-order valence-corrected chi connectivity index (χ0v) is 12.1. The SMILES string of the molecule is CSc1ccc(C(=O)NCC2CCCCC2O)cc1. The van der Waals surface area contributed by atoms with Crippen LogP contribution in [0.1, 0.15) is 36.0 Å². The largest absolute Gasteiger partial charge is 0.393 e. The van der Waals surface area contributed by atoms with Crippen molar-refractivity contribution in [1.82, 2.24) is 5.32 Å². The Kier molecular flexibility index (Phi) is 5.28. The lowest BCUT2D eigenvalue weighted by atomic mass is 9.86. The van der Waals surface area contributed by atoms with E-state index in [1.54, 1.807) is 11.8 Å². The molecule has 0 heterocycles. The fourth-order valence-corrected chi connectivity index (χ4v) is 2.90. The lowest BCUT2D eigenvalue weighted by Crippen LogP contribution is -2.36. The topological polar surface area (TPSA) is 49.3 Å². The Labute approximate surface area is 118 Å². The Morgan fingerprint density at radius 1 is 1.32 bits per heavy atom. The van der Waals surface area contributed by atoms with Gasteiger partial charge in [-0.25, -0.2) is 0 Å². The highest BCUT2D eigenvalue weighted by Crippen LogP contribution is 2.23. The van der Waals surface area contributed by atoms with Crippen molar-refractivity contribution >= 4 is 17.7 Å². The van der Waals surface area contributed by atoms with Crippen molar-refractivity contribution in [2.24, 2.45) is 5.92 Å². The van der Waals surface area contributed by atoms with Crippen molar-refractivity contribution in [3.8, 4) is 0 Å². The van der Waals surface area contributed by atoms with E-state index in [1.807, 2.05) is 30.5 Å². The normalized spacial score (nSPS) is 23.1. The number of carbonyl (C=O) groups excluding carboxylic acids is 1. The average Bonchev–Trinajstić information content (AvgIpc) is 2.46. The van der Waals surface area contributed by atoms with E-state index in [-0.39, 0.29) is 17.9 Å². The molecule has 19 heavy (non-hydrogen) atoms. The van der Waals surface area contributed by atoms with E-state index in [9.17, 15) is 9.90 Å². The third kappa shape index (κ3) is 3.98. The molecule has 2 N–H and O–H groups in total. The van der Waals surface area contributed by atoms with Crippen molar-refractivity contribution in [3.63, 3.8) is 0 Å². The van der Waals surface area contributed by atoms with Gasteiger partial charge in [-0.05, 0) is 43.4 Å². The quantitative estimate of drug-likeness (QED) is 0.833. The summed E-state index contributed by atoms with van der Waals surface area (Å²) in [6.07, 6.45) is 5.88. The molecule has 1 saturated carbocycles. The van der Waals surface area contributed by atoms with Crippen molar-refractivity contribution in [2.75, 3.05) is 12.8 Å². The molecule has 1 aliphatic carbocycles. The molecule has 3 nitrogen and oxygen atoms in total. The molecule has 1 fully saturated rings. The van der Waals surface area contributed by atoms with Gasteiger partial charge in [0, 0.05) is 22.9 Å². The molecular weight excluding hydrogens is 258 g/mol. The predicted molar refractivity (Wildman–Crippen MR) is 78.5 cm³/mol.